The number of benzene rings is 2. The van der Waals surface area contributed by atoms with E-state index in [4.69, 9.17) is 10.5 Å². The molecule has 0 amide bonds. The maximum Gasteiger partial charge on any atom is 0.120 e. The van der Waals surface area contributed by atoms with Gasteiger partial charge in [0.25, 0.3) is 0 Å². The lowest BCUT2D eigenvalue weighted by atomic mass is 10.0. The zero-order valence-corrected chi connectivity index (χ0v) is 13.1. The van der Waals surface area contributed by atoms with E-state index < -0.39 is 0 Å². The average molecular weight is 294 g/mol. The molecular formula is C19H22N2O. The van der Waals surface area contributed by atoms with Crippen molar-refractivity contribution in [2.45, 2.75) is 26.3 Å². The van der Waals surface area contributed by atoms with E-state index in [0.717, 1.165) is 17.6 Å². The summed E-state index contributed by atoms with van der Waals surface area (Å²) in [5.41, 5.74) is 6.08. The van der Waals surface area contributed by atoms with Crippen LogP contribution in [0.1, 0.15) is 20.3 Å². The van der Waals surface area contributed by atoms with Gasteiger partial charge in [-0.25, -0.2) is 0 Å². The molecule has 0 aliphatic rings. The lowest BCUT2D eigenvalue weighted by Gasteiger charge is -2.15. The molecule has 0 radical (unpaired) electrons. The minimum Gasteiger partial charge on any atom is -0.492 e. The van der Waals surface area contributed by atoms with Gasteiger partial charge in [0.05, 0.1) is 0 Å². The summed E-state index contributed by atoms with van der Waals surface area (Å²) in [6.07, 6.45) is 4.70. The van der Waals surface area contributed by atoms with Crippen molar-refractivity contribution in [3.05, 3.63) is 48.8 Å². The van der Waals surface area contributed by atoms with Crippen LogP contribution in [0.15, 0.2) is 48.8 Å². The molecule has 3 heteroatoms. The molecule has 22 heavy (non-hydrogen) atoms. The van der Waals surface area contributed by atoms with Crippen LogP contribution in [0.2, 0.25) is 0 Å². The topological polar surface area (TPSA) is 48.1 Å². The first-order chi connectivity index (χ1) is 10.6. The summed E-state index contributed by atoms with van der Waals surface area (Å²) in [6, 6.07) is 12.6. The molecule has 3 aromatic rings. The number of hydrogen-bond acceptors (Lipinski definition) is 3. The Morgan fingerprint density at radius 3 is 2.64 bits per heavy atom. The van der Waals surface area contributed by atoms with Crippen molar-refractivity contribution >= 4 is 21.5 Å². The van der Waals surface area contributed by atoms with Crippen LogP contribution < -0.4 is 10.5 Å². The van der Waals surface area contributed by atoms with Crippen LogP contribution in [0.5, 0.6) is 5.75 Å². The fraction of sp³-hybridized carbons (Fsp3) is 0.316. The average Bonchev–Trinajstić information content (AvgIpc) is 2.52. The van der Waals surface area contributed by atoms with Crippen molar-refractivity contribution in [1.82, 2.24) is 4.98 Å². The van der Waals surface area contributed by atoms with Gasteiger partial charge in [-0.2, -0.15) is 0 Å². The molecule has 0 saturated carbocycles. The Hall–Kier alpha value is -2.13. The standard InChI is InChI=1S/C19H22N2O/c1-13(2)9-16(20)12-22-17-5-6-18-14(10-17)3-4-15-11-21-8-7-19(15)18/h3-8,10-11,13,16H,9,12,20H2,1-2H3/t16-/m1/s1. The molecule has 1 heterocycles. The van der Waals surface area contributed by atoms with Gasteiger partial charge in [-0.1, -0.05) is 32.0 Å². The smallest absolute Gasteiger partial charge is 0.120 e. The zero-order chi connectivity index (χ0) is 15.5. The lowest BCUT2D eigenvalue weighted by Crippen LogP contribution is -2.29. The van der Waals surface area contributed by atoms with Gasteiger partial charge < -0.3 is 10.5 Å². The molecule has 2 N–H and O–H groups in total. The van der Waals surface area contributed by atoms with Gasteiger partial charge in [-0.15, -0.1) is 0 Å². The highest BCUT2D eigenvalue weighted by Gasteiger charge is 2.07. The molecule has 0 fully saturated rings. The summed E-state index contributed by atoms with van der Waals surface area (Å²) in [5, 5.41) is 4.77. The van der Waals surface area contributed by atoms with Gasteiger partial charge in [-0.3, -0.25) is 4.98 Å². The van der Waals surface area contributed by atoms with E-state index in [1.165, 1.54) is 16.2 Å². The summed E-state index contributed by atoms with van der Waals surface area (Å²) in [5.74, 6) is 1.47. The molecule has 1 aromatic heterocycles. The fourth-order valence-electron chi connectivity index (χ4n) is 2.85. The monoisotopic (exact) mass is 294 g/mol. The first kappa shape index (κ1) is 14.8. The second-order valence-corrected chi connectivity index (χ2v) is 6.25. The largest absolute Gasteiger partial charge is 0.492 e. The Morgan fingerprint density at radius 1 is 1.05 bits per heavy atom. The summed E-state index contributed by atoms with van der Waals surface area (Å²) >= 11 is 0. The Balaban J connectivity index is 1.83. The van der Waals surface area contributed by atoms with E-state index >= 15 is 0 Å². The SMILES string of the molecule is CC(C)C[C@@H](N)COc1ccc2c(ccc3cnccc32)c1. The summed E-state index contributed by atoms with van der Waals surface area (Å²) in [4.78, 5) is 4.17. The molecule has 2 aromatic carbocycles. The van der Waals surface area contributed by atoms with Crippen molar-refractivity contribution in [1.29, 1.82) is 0 Å². The molecule has 3 nitrogen and oxygen atoms in total. The molecule has 0 bridgehead atoms. The second-order valence-electron chi connectivity index (χ2n) is 6.25. The van der Waals surface area contributed by atoms with Crippen molar-refractivity contribution in [2.75, 3.05) is 6.61 Å². The number of nitrogens with zero attached hydrogens (tertiary/aromatic N) is 1. The number of fused-ring (bicyclic) bond motifs is 3. The lowest BCUT2D eigenvalue weighted by molar-refractivity contribution is 0.271. The van der Waals surface area contributed by atoms with Gasteiger partial charge in [0.1, 0.15) is 12.4 Å². The predicted octanol–water partition coefficient (Wildman–Crippen LogP) is 4.14. The first-order valence-electron chi connectivity index (χ1n) is 7.78. The third-order valence-electron chi connectivity index (χ3n) is 3.85. The molecule has 0 aliphatic heterocycles. The molecule has 0 unspecified atom stereocenters. The van der Waals surface area contributed by atoms with Crippen molar-refractivity contribution in [2.24, 2.45) is 11.7 Å². The van der Waals surface area contributed by atoms with Crippen LogP contribution in [-0.2, 0) is 0 Å². The highest BCUT2D eigenvalue weighted by Crippen LogP contribution is 2.27. The molecule has 0 spiro atoms. The zero-order valence-electron chi connectivity index (χ0n) is 13.1. The molecule has 3 rings (SSSR count). The molecular weight excluding hydrogens is 272 g/mol. The van der Waals surface area contributed by atoms with Gasteiger partial charge in [0, 0.05) is 23.8 Å². The van der Waals surface area contributed by atoms with E-state index in [9.17, 15) is 0 Å². The van der Waals surface area contributed by atoms with Crippen LogP contribution >= 0.6 is 0 Å². The maximum absolute atomic E-state index is 6.08. The van der Waals surface area contributed by atoms with Crippen molar-refractivity contribution < 1.29 is 4.74 Å². The van der Waals surface area contributed by atoms with E-state index in [1.54, 1.807) is 0 Å². The highest BCUT2D eigenvalue weighted by molar-refractivity contribution is 6.07. The molecule has 0 aliphatic carbocycles. The second kappa shape index (κ2) is 6.32. The summed E-state index contributed by atoms with van der Waals surface area (Å²) in [6.45, 7) is 4.91. The Morgan fingerprint density at radius 2 is 1.82 bits per heavy atom. The summed E-state index contributed by atoms with van der Waals surface area (Å²) < 4.78 is 5.85. The molecule has 1 atom stereocenters. The number of rotatable bonds is 5. The van der Waals surface area contributed by atoms with Crippen LogP contribution in [0.4, 0.5) is 0 Å². The molecule has 0 saturated heterocycles. The maximum atomic E-state index is 6.08. The Kier molecular flexibility index (Phi) is 4.25. The number of ether oxygens (including phenoxy) is 1. The Labute approximate surface area is 131 Å². The minimum absolute atomic E-state index is 0.0818. The van der Waals surface area contributed by atoms with Gasteiger partial charge in [0.2, 0.25) is 0 Å². The number of aromatic nitrogens is 1. The number of hydrogen-bond donors (Lipinski definition) is 1. The third-order valence-corrected chi connectivity index (χ3v) is 3.85. The normalized spacial score (nSPS) is 12.9. The van der Waals surface area contributed by atoms with Crippen LogP contribution in [-0.4, -0.2) is 17.6 Å². The number of nitrogens with two attached hydrogens (primary N) is 1. The van der Waals surface area contributed by atoms with Crippen molar-refractivity contribution in [3.8, 4) is 5.75 Å². The summed E-state index contributed by atoms with van der Waals surface area (Å²) in [7, 11) is 0. The fourth-order valence-corrected chi connectivity index (χ4v) is 2.85. The number of pyridine rings is 1. The van der Waals surface area contributed by atoms with Gasteiger partial charge in [0.15, 0.2) is 0 Å². The first-order valence-corrected chi connectivity index (χ1v) is 7.78. The van der Waals surface area contributed by atoms with Gasteiger partial charge in [-0.05, 0) is 46.7 Å². The predicted molar refractivity (Wildman–Crippen MR) is 92.2 cm³/mol. The van der Waals surface area contributed by atoms with Crippen molar-refractivity contribution in [3.63, 3.8) is 0 Å². The quantitative estimate of drug-likeness (QED) is 0.719. The van der Waals surface area contributed by atoms with E-state index in [1.807, 2.05) is 18.5 Å². The minimum atomic E-state index is 0.0818. The van der Waals surface area contributed by atoms with Crippen LogP contribution in [0.25, 0.3) is 21.5 Å². The Bertz CT molecular complexity index is 783. The van der Waals surface area contributed by atoms with Crippen LogP contribution in [0, 0.1) is 5.92 Å². The van der Waals surface area contributed by atoms with E-state index in [-0.39, 0.29) is 6.04 Å². The van der Waals surface area contributed by atoms with Crippen LogP contribution in [0.3, 0.4) is 0 Å². The van der Waals surface area contributed by atoms with E-state index in [0.29, 0.717) is 12.5 Å². The van der Waals surface area contributed by atoms with E-state index in [2.05, 4.69) is 49.2 Å². The molecule has 114 valence electrons. The third kappa shape index (κ3) is 3.20. The van der Waals surface area contributed by atoms with Gasteiger partial charge >= 0.3 is 0 Å². The highest BCUT2D eigenvalue weighted by atomic mass is 16.5.